The molecule has 0 saturated heterocycles. The van der Waals surface area contributed by atoms with E-state index in [0.29, 0.717) is 12.4 Å². The van der Waals surface area contributed by atoms with Gasteiger partial charge in [0.05, 0.1) is 6.54 Å². The molecule has 1 aromatic carbocycles. The van der Waals surface area contributed by atoms with Gasteiger partial charge in [0.1, 0.15) is 6.04 Å². The summed E-state index contributed by atoms with van der Waals surface area (Å²) in [5.41, 5.74) is 2.15. The van der Waals surface area contributed by atoms with Crippen molar-refractivity contribution < 1.29 is 14.7 Å². The second-order valence-corrected chi connectivity index (χ2v) is 5.96. The SMILES string of the molecule is Cc1cc(NC(=O)c2ccn(C(C)C(=O)O)n2)nn1Cc1ccccc1. The Morgan fingerprint density at radius 1 is 1.19 bits per heavy atom. The maximum absolute atomic E-state index is 12.3. The molecular formula is C18H19N5O3. The first-order valence-electron chi connectivity index (χ1n) is 8.11. The molecule has 0 saturated carbocycles. The van der Waals surface area contributed by atoms with Crippen LogP contribution in [0.5, 0.6) is 0 Å². The Hall–Kier alpha value is -3.42. The Bertz CT molecular complexity index is 929. The van der Waals surface area contributed by atoms with Gasteiger partial charge in [-0.25, -0.2) is 4.79 Å². The zero-order valence-electron chi connectivity index (χ0n) is 14.5. The van der Waals surface area contributed by atoms with Crippen molar-refractivity contribution in [1.29, 1.82) is 0 Å². The molecule has 1 amide bonds. The summed E-state index contributed by atoms with van der Waals surface area (Å²) in [6.45, 7) is 4.01. The van der Waals surface area contributed by atoms with Crippen molar-refractivity contribution in [3.8, 4) is 0 Å². The maximum Gasteiger partial charge on any atom is 0.328 e. The molecule has 1 unspecified atom stereocenters. The van der Waals surface area contributed by atoms with Gasteiger partial charge in [0.15, 0.2) is 11.5 Å². The van der Waals surface area contributed by atoms with Crippen LogP contribution in [0.25, 0.3) is 0 Å². The molecule has 2 heterocycles. The minimum atomic E-state index is -1.02. The zero-order valence-corrected chi connectivity index (χ0v) is 14.5. The van der Waals surface area contributed by atoms with Crippen molar-refractivity contribution in [2.24, 2.45) is 0 Å². The van der Waals surface area contributed by atoms with Crippen LogP contribution in [0.4, 0.5) is 5.82 Å². The topological polar surface area (TPSA) is 102 Å². The van der Waals surface area contributed by atoms with Gasteiger partial charge >= 0.3 is 5.97 Å². The molecule has 134 valence electrons. The second-order valence-electron chi connectivity index (χ2n) is 5.96. The number of aryl methyl sites for hydroxylation is 1. The molecule has 3 aromatic rings. The van der Waals surface area contributed by atoms with E-state index in [4.69, 9.17) is 5.11 Å². The Morgan fingerprint density at radius 2 is 1.92 bits per heavy atom. The summed E-state index contributed by atoms with van der Waals surface area (Å²) >= 11 is 0. The Labute approximate surface area is 150 Å². The van der Waals surface area contributed by atoms with Crippen molar-refractivity contribution >= 4 is 17.7 Å². The average molecular weight is 353 g/mol. The minimum absolute atomic E-state index is 0.133. The van der Waals surface area contributed by atoms with E-state index in [1.807, 2.05) is 37.3 Å². The molecule has 0 aliphatic heterocycles. The summed E-state index contributed by atoms with van der Waals surface area (Å²) < 4.78 is 3.03. The summed E-state index contributed by atoms with van der Waals surface area (Å²) in [5, 5.41) is 20.1. The van der Waals surface area contributed by atoms with Crippen LogP contribution in [-0.2, 0) is 11.3 Å². The number of aliphatic carboxylic acids is 1. The Balaban J connectivity index is 1.70. The van der Waals surface area contributed by atoms with Gasteiger partial charge in [0.2, 0.25) is 0 Å². The lowest BCUT2D eigenvalue weighted by Crippen LogP contribution is -2.18. The average Bonchev–Trinajstić information content (AvgIpc) is 3.23. The lowest BCUT2D eigenvalue weighted by molar-refractivity contribution is -0.140. The van der Waals surface area contributed by atoms with E-state index in [-0.39, 0.29) is 5.69 Å². The largest absolute Gasteiger partial charge is 0.480 e. The van der Waals surface area contributed by atoms with E-state index in [2.05, 4.69) is 15.5 Å². The fourth-order valence-electron chi connectivity index (χ4n) is 2.46. The van der Waals surface area contributed by atoms with Crippen molar-refractivity contribution in [2.45, 2.75) is 26.4 Å². The van der Waals surface area contributed by atoms with Crippen molar-refractivity contribution in [2.75, 3.05) is 5.32 Å². The molecule has 0 fully saturated rings. The molecule has 1 atom stereocenters. The predicted octanol–water partition coefficient (Wildman–Crippen LogP) is 2.33. The number of nitrogens with one attached hydrogen (secondary N) is 1. The molecule has 2 aromatic heterocycles. The normalized spacial score (nSPS) is 11.9. The number of aromatic nitrogens is 4. The molecule has 8 heteroatoms. The van der Waals surface area contributed by atoms with E-state index in [9.17, 15) is 9.59 Å². The van der Waals surface area contributed by atoms with Gasteiger partial charge in [-0.3, -0.25) is 14.2 Å². The van der Waals surface area contributed by atoms with Crippen LogP contribution in [0.2, 0.25) is 0 Å². The molecule has 2 N–H and O–H groups in total. The monoisotopic (exact) mass is 353 g/mol. The van der Waals surface area contributed by atoms with Crippen molar-refractivity contribution in [3.05, 3.63) is 65.6 Å². The third-order valence-electron chi connectivity index (χ3n) is 3.99. The zero-order chi connectivity index (χ0) is 18.7. The summed E-state index contributed by atoms with van der Waals surface area (Å²) in [6.07, 6.45) is 1.47. The summed E-state index contributed by atoms with van der Waals surface area (Å²) in [4.78, 5) is 23.3. The Kier molecular flexibility index (Phi) is 4.83. The van der Waals surface area contributed by atoms with E-state index < -0.39 is 17.9 Å². The van der Waals surface area contributed by atoms with E-state index in [0.717, 1.165) is 11.3 Å². The van der Waals surface area contributed by atoms with Crippen LogP contribution in [-0.4, -0.2) is 36.5 Å². The second kappa shape index (κ2) is 7.22. The molecule has 3 rings (SSSR count). The van der Waals surface area contributed by atoms with E-state index in [1.165, 1.54) is 23.9 Å². The molecule has 26 heavy (non-hydrogen) atoms. The quantitative estimate of drug-likeness (QED) is 0.708. The number of carboxylic acids is 1. The third-order valence-corrected chi connectivity index (χ3v) is 3.99. The lowest BCUT2D eigenvalue weighted by Gasteiger charge is -2.05. The number of carbonyl (C=O) groups is 2. The third kappa shape index (κ3) is 3.80. The molecule has 8 nitrogen and oxygen atoms in total. The smallest absolute Gasteiger partial charge is 0.328 e. The van der Waals surface area contributed by atoms with Gasteiger partial charge in [-0.05, 0) is 25.5 Å². The van der Waals surface area contributed by atoms with Crippen molar-refractivity contribution in [3.63, 3.8) is 0 Å². The highest BCUT2D eigenvalue weighted by atomic mass is 16.4. The first kappa shape index (κ1) is 17.4. The van der Waals surface area contributed by atoms with E-state index in [1.54, 1.807) is 10.7 Å². The fourth-order valence-corrected chi connectivity index (χ4v) is 2.46. The number of rotatable bonds is 6. The summed E-state index contributed by atoms with van der Waals surface area (Å²) in [5.74, 6) is -1.04. The van der Waals surface area contributed by atoms with Crippen molar-refractivity contribution in [1.82, 2.24) is 19.6 Å². The van der Waals surface area contributed by atoms with Crippen LogP contribution in [0.15, 0.2) is 48.7 Å². The minimum Gasteiger partial charge on any atom is -0.480 e. The van der Waals surface area contributed by atoms with E-state index >= 15 is 0 Å². The van der Waals surface area contributed by atoms with Gasteiger partial charge in [-0.1, -0.05) is 30.3 Å². The molecule has 0 aliphatic rings. The number of hydrogen-bond acceptors (Lipinski definition) is 4. The maximum atomic E-state index is 12.3. The Morgan fingerprint density at radius 3 is 2.62 bits per heavy atom. The number of nitrogens with zero attached hydrogens (tertiary/aromatic N) is 4. The molecule has 0 aliphatic carbocycles. The first-order chi connectivity index (χ1) is 12.4. The number of carbonyl (C=O) groups excluding carboxylic acids is 1. The fraction of sp³-hybridized carbons (Fsp3) is 0.222. The summed E-state index contributed by atoms with van der Waals surface area (Å²) in [6, 6.07) is 12.3. The highest BCUT2D eigenvalue weighted by Gasteiger charge is 2.17. The van der Waals surface area contributed by atoms with Gasteiger partial charge in [0.25, 0.3) is 5.91 Å². The van der Waals surface area contributed by atoms with Crippen LogP contribution < -0.4 is 5.32 Å². The molecule has 0 bridgehead atoms. The molecule has 0 spiro atoms. The standard InChI is InChI=1S/C18H19N5O3/c1-12-10-16(21-23(12)11-14-6-4-3-5-7-14)19-17(24)15-8-9-22(20-15)13(2)18(25)26/h3-10,13H,11H2,1-2H3,(H,25,26)(H,19,21,24). The predicted molar refractivity (Wildman–Crippen MR) is 95.0 cm³/mol. The number of hydrogen-bond donors (Lipinski definition) is 2. The van der Waals surface area contributed by atoms with Crippen LogP contribution in [0.3, 0.4) is 0 Å². The highest BCUT2D eigenvalue weighted by Crippen LogP contribution is 2.13. The molecule has 0 radical (unpaired) electrons. The van der Waals surface area contributed by atoms with Gasteiger partial charge < -0.3 is 10.4 Å². The summed E-state index contributed by atoms with van der Waals surface area (Å²) in [7, 11) is 0. The van der Waals surface area contributed by atoms with Crippen LogP contribution in [0.1, 0.15) is 34.7 Å². The number of amides is 1. The lowest BCUT2D eigenvalue weighted by atomic mass is 10.2. The highest BCUT2D eigenvalue weighted by molar-refractivity contribution is 6.02. The molecular weight excluding hydrogens is 334 g/mol. The first-order valence-corrected chi connectivity index (χ1v) is 8.11. The number of carboxylic acid groups (broad SMARTS) is 1. The number of benzene rings is 1. The number of anilines is 1. The van der Waals surface area contributed by atoms with Gasteiger partial charge in [-0.2, -0.15) is 10.2 Å². The van der Waals surface area contributed by atoms with Crippen LogP contribution >= 0.6 is 0 Å². The van der Waals surface area contributed by atoms with Crippen LogP contribution in [0, 0.1) is 6.92 Å². The van der Waals surface area contributed by atoms with Gasteiger partial charge in [0, 0.05) is 18.0 Å². The van der Waals surface area contributed by atoms with Gasteiger partial charge in [-0.15, -0.1) is 0 Å².